The van der Waals surface area contributed by atoms with Gasteiger partial charge in [0.2, 0.25) is 0 Å². The summed E-state index contributed by atoms with van der Waals surface area (Å²) in [6.45, 7) is 0. The van der Waals surface area contributed by atoms with Gasteiger partial charge in [-0.2, -0.15) is 0 Å². The lowest BCUT2D eigenvalue weighted by atomic mass is 9.97. The van der Waals surface area contributed by atoms with Gasteiger partial charge in [0, 0.05) is 11.6 Å². The fourth-order valence-corrected chi connectivity index (χ4v) is 3.80. The highest BCUT2D eigenvalue weighted by molar-refractivity contribution is 8.00. The lowest BCUT2D eigenvalue weighted by Crippen LogP contribution is -2.29. The number of hydrogen-bond acceptors (Lipinski definition) is 2. The van der Waals surface area contributed by atoms with Gasteiger partial charge in [-0.25, -0.2) is 0 Å². The van der Waals surface area contributed by atoms with E-state index in [4.69, 9.17) is 16.3 Å². The Morgan fingerprint density at radius 3 is 2.67 bits per heavy atom. The molecule has 2 aliphatic rings. The van der Waals surface area contributed by atoms with E-state index in [-0.39, 0.29) is 4.93 Å². The van der Waals surface area contributed by atoms with Gasteiger partial charge in [0.05, 0.1) is 6.10 Å². The van der Waals surface area contributed by atoms with Gasteiger partial charge in [-0.3, -0.25) is 0 Å². The van der Waals surface area contributed by atoms with E-state index in [1.807, 2.05) is 11.8 Å². The topological polar surface area (TPSA) is 9.23 Å². The first kappa shape index (κ1) is 9.17. The maximum Gasteiger partial charge on any atom is 0.114 e. The summed E-state index contributed by atoms with van der Waals surface area (Å²) in [6.07, 6.45) is 6.85. The van der Waals surface area contributed by atoms with Crippen molar-refractivity contribution in [1.29, 1.82) is 0 Å². The summed E-state index contributed by atoms with van der Waals surface area (Å²) in [5, 5.41) is 0. The number of thioether (sulfide) groups is 1. The molecule has 1 atom stereocenters. The first-order chi connectivity index (χ1) is 5.85. The molecule has 1 heterocycles. The monoisotopic (exact) mass is 206 g/mol. The minimum atomic E-state index is 0.178. The number of ether oxygens (including phenoxy) is 1. The molecule has 1 saturated carbocycles. The lowest BCUT2D eigenvalue weighted by Gasteiger charge is -2.32. The van der Waals surface area contributed by atoms with E-state index in [2.05, 4.69) is 0 Å². The van der Waals surface area contributed by atoms with Crippen LogP contribution in [0.5, 0.6) is 0 Å². The summed E-state index contributed by atoms with van der Waals surface area (Å²) in [7, 11) is 0. The molecule has 1 nitrogen and oxygen atoms in total. The highest BCUT2D eigenvalue weighted by Gasteiger charge is 2.41. The van der Waals surface area contributed by atoms with Crippen LogP contribution in [0.4, 0.5) is 0 Å². The van der Waals surface area contributed by atoms with Crippen molar-refractivity contribution < 1.29 is 4.74 Å². The third-order valence-corrected chi connectivity index (χ3v) is 4.61. The summed E-state index contributed by atoms with van der Waals surface area (Å²) >= 11 is 7.76. The van der Waals surface area contributed by atoms with Gasteiger partial charge in [-0.05, 0) is 25.7 Å². The van der Waals surface area contributed by atoms with Crippen LogP contribution in [-0.4, -0.2) is 22.7 Å². The first-order valence-corrected chi connectivity index (χ1v) is 6.24. The first-order valence-electron chi connectivity index (χ1n) is 4.72. The van der Waals surface area contributed by atoms with Gasteiger partial charge in [-0.1, -0.05) is 6.42 Å². The van der Waals surface area contributed by atoms with Crippen molar-refractivity contribution in [2.24, 2.45) is 0 Å². The highest BCUT2D eigenvalue weighted by atomic mass is 35.5. The molecule has 0 aromatic rings. The van der Waals surface area contributed by atoms with E-state index in [0.717, 1.165) is 5.75 Å². The van der Waals surface area contributed by atoms with Gasteiger partial charge in [0.1, 0.15) is 4.93 Å². The maximum absolute atomic E-state index is 5.97. The van der Waals surface area contributed by atoms with E-state index in [1.165, 1.54) is 32.1 Å². The minimum Gasteiger partial charge on any atom is -0.359 e. The molecule has 2 rings (SSSR count). The van der Waals surface area contributed by atoms with E-state index >= 15 is 0 Å². The van der Waals surface area contributed by atoms with Crippen LogP contribution in [0.25, 0.3) is 0 Å². The second-order valence-corrected chi connectivity index (χ2v) is 5.35. The molecule has 0 aromatic carbocycles. The van der Waals surface area contributed by atoms with Crippen LogP contribution in [0, 0.1) is 0 Å². The average Bonchev–Trinajstić information content (AvgIpc) is 2.50. The molecule has 0 unspecified atom stereocenters. The number of rotatable bonds is 1. The van der Waals surface area contributed by atoms with Crippen molar-refractivity contribution in [3.63, 3.8) is 0 Å². The molecule has 0 amide bonds. The second-order valence-electron chi connectivity index (χ2n) is 3.68. The normalized spacial score (nSPS) is 34.2. The standard InChI is InChI=1S/C9H15ClOS/c10-6-8-7-12-9(11-8)4-2-1-3-5-9/h8H,1-7H2/t8-/m1/s1. The maximum atomic E-state index is 5.97. The molecule has 1 saturated heterocycles. The van der Waals surface area contributed by atoms with Crippen LogP contribution in [0.3, 0.4) is 0 Å². The van der Waals surface area contributed by atoms with Crippen molar-refractivity contribution >= 4 is 23.4 Å². The molecule has 3 heteroatoms. The van der Waals surface area contributed by atoms with E-state index in [0.29, 0.717) is 12.0 Å². The van der Waals surface area contributed by atoms with Crippen molar-refractivity contribution in [3.8, 4) is 0 Å². The Bertz CT molecular complexity index is 157. The summed E-state index contributed by atoms with van der Waals surface area (Å²) in [6, 6.07) is 0. The molecule has 0 N–H and O–H groups in total. The van der Waals surface area contributed by atoms with Crippen LogP contribution in [0.1, 0.15) is 32.1 Å². The number of hydrogen-bond donors (Lipinski definition) is 0. The van der Waals surface area contributed by atoms with E-state index in [9.17, 15) is 0 Å². The highest BCUT2D eigenvalue weighted by Crippen LogP contribution is 2.46. The molecule has 1 aliphatic heterocycles. The van der Waals surface area contributed by atoms with Crippen molar-refractivity contribution in [2.75, 3.05) is 11.6 Å². The predicted molar refractivity (Wildman–Crippen MR) is 53.9 cm³/mol. The molecule has 2 fully saturated rings. The molecular weight excluding hydrogens is 192 g/mol. The summed E-state index contributed by atoms with van der Waals surface area (Å²) < 4.78 is 5.97. The minimum absolute atomic E-state index is 0.178. The Morgan fingerprint density at radius 2 is 2.08 bits per heavy atom. The Labute approximate surface area is 83.2 Å². The Kier molecular flexibility index (Phi) is 2.88. The molecule has 12 heavy (non-hydrogen) atoms. The van der Waals surface area contributed by atoms with Gasteiger partial charge in [0.15, 0.2) is 0 Å². The SMILES string of the molecule is ClC[C@@H]1CSC2(CCCCC2)O1. The smallest absolute Gasteiger partial charge is 0.114 e. The number of alkyl halides is 1. The Balaban J connectivity index is 1.94. The van der Waals surface area contributed by atoms with Gasteiger partial charge < -0.3 is 4.74 Å². The average molecular weight is 207 g/mol. The van der Waals surface area contributed by atoms with Crippen LogP contribution in [-0.2, 0) is 4.74 Å². The summed E-state index contributed by atoms with van der Waals surface area (Å²) in [5.41, 5.74) is 0. The largest absolute Gasteiger partial charge is 0.359 e. The van der Waals surface area contributed by atoms with Gasteiger partial charge in [-0.15, -0.1) is 23.4 Å². The Morgan fingerprint density at radius 1 is 1.33 bits per heavy atom. The zero-order chi connectivity index (χ0) is 8.44. The molecule has 70 valence electrons. The van der Waals surface area contributed by atoms with E-state index < -0.39 is 0 Å². The third kappa shape index (κ3) is 1.75. The van der Waals surface area contributed by atoms with Crippen LogP contribution >= 0.6 is 23.4 Å². The van der Waals surface area contributed by atoms with Crippen LogP contribution in [0.2, 0.25) is 0 Å². The molecular formula is C9H15ClOS. The molecule has 1 aliphatic carbocycles. The second kappa shape index (κ2) is 3.77. The molecule has 1 spiro atoms. The molecule has 0 radical (unpaired) electrons. The fourth-order valence-electron chi connectivity index (χ4n) is 2.05. The van der Waals surface area contributed by atoms with Crippen LogP contribution < -0.4 is 0 Å². The van der Waals surface area contributed by atoms with Gasteiger partial charge in [0.25, 0.3) is 0 Å². The zero-order valence-corrected chi connectivity index (χ0v) is 8.79. The third-order valence-electron chi connectivity index (χ3n) is 2.70. The van der Waals surface area contributed by atoms with Crippen molar-refractivity contribution in [2.45, 2.75) is 43.1 Å². The quantitative estimate of drug-likeness (QED) is 0.610. The summed E-state index contributed by atoms with van der Waals surface area (Å²) in [5.74, 6) is 1.76. The molecule has 0 aromatic heterocycles. The van der Waals surface area contributed by atoms with Gasteiger partial charge >= 0.3 is 0 Å². The predicted octanol–water partition coefficient (Wildman–Crippen LogP) is 3.02. The van der Waals surface area contributed by atoms with E-state index in [1.54, 1.807) is 0 Å². The van der Waals surface area contributed by atoms with Crippen molar-refractivity contribution in [1.82, 2.24) is 0 Å². The lowest BCUT2D eigenvalue weighted by molar-refractivity contribution is -0.0180. The summed E-state index contributed by atoms with van der Waals surface area (Å²) in [4.78, 5) is 0.178. The number of halogens is 1. The van der Waals surface area contributed by atoms with Crippen molar-refractivity contribution in [3.05, 3.63) is 0 Å². The fraction of sp³-hybridized carbons (Fsp3) is 1.00. The Hall–Kier alpha value is 0.600. The molecule has 0 bridgehead atoms. The van der Waals surface area contributed by atoms with Crippen LogP contribution in [0.15, 0.2) is 0 Å². The zero-order valence-electron chi connectivity index (χ0n) is 7.22.